The molecule has 0 aliphatic heterocycles. The highest BCUT2D eigenvalue weighted by Gasteiger charge is 2.42. The Hall–Kier alpha value is -1.48. The van der Waals surface area contributed by atoms with Gasteiger partial charge in [-0.3, -0.25) is 0 Å². The van der Waals surface area contributed by atoms with E-state index in [9.17, 15) is 18.3 Å². The molecule has 10 heteroatoms. The summed E-state index contributed by atoms with van der Waals surface area (Å²) in [6, 6.07) is 2.02. The number of nitrogens with zero attached hydrogens (tertiary/aromatic N) is 1. The minimum atomic E-state index is -3.83. The predicted octanol–water partition coefficient (Wildman–Crippen LogP) is 3.32. The molecule has 1 saturated carbocycles. The number of sulfone groups is 1. The van der Waals surface area contributed by atoms with Crippen molar-refractivity contribution in [2.45, 2.75) is 47.9 Å². The van der Waals surface area contributed by atoms with Gasteiger partial charge in [-0.05, 0) is 51.9 Å². The smallest absolute Gasteiger partial charge is 0.319 e. The SMILES string of the molecule is CN(C)C1CC(S(=O)(=O)c2c(Cl)ccc(NC(=O)NC3CCC=C3Cl)c2O)C1. The van der Waals surface area contributed by atoms with E-state index in [1.165, 1.54) is 12.1 Å². The van der Waals surface area contributed by atoms with E-state index in [0.29, 0.717) is 24.3 Å². The van der Waals surface area contributed by atoms with Gasteiger partial charge in [0, 0.05) is 11.1 Å². The summed E-state index contributed by atoms with van der Waals surface area (Å²) in [5.41, 5.74) is -0.0259. The van der Waals surface area contributed by atoms with E-state index in [0.717, 1.165) is 6.42 Å². The number of nitrogens with one attached hydrogen (secondary N) is 2. The summed E-state index contributed by atoms with van der Waals surface area (Å²) in [6.45, 7) is 0. The number of halogens is 2. The summed E-state index contributed by atoms with van der Waals surface area (Å²) in [4.78, 5) is 13.9. The van der Waals surface area contributed by atoms with Crippen LogP contribution >= 0.6 is 23.2 Å². The Morgan fingerprint density at radius 3 is 2.50 bits per heavy atom. The van der Waals surface area contributed by atoms with Crippen LogP contribution in [-0.2, 0) is 9.84 Å². The average molecular weight is 448 g/mol. The zero-order valence-electron chi connectivity index (χ0n) is 15.6. The molecule has 1 aromatic carbocycles. The largest absolute Gasteiger partial charge is 0.504 e. The number of phenols is 1. The molecular formula is C18H23Cl2N3O4S. The fraction of sp³-hybridized carbons (Fsp3) is 0.500. The average Bonchev–Trinajstić information content (AvgIpc) is 2.92. The maximum atomic E-state index is 13.0. The molecule has 3 rings (SSSR count). The molecule has 1 unspecified atom stereocenters. The van der Waals surface area contributed by atoms with Crippen LogP contribution in [0.15, 0.2) is 28.1 Å². The van der Waals surface area contributed by atoms with Crippen LogP contribution in [0.2, 0.25) is 5.02 Å². The van der Waals surface area contributed by atoms with Crippen LogP contribution in [0.5, 0.6) is 5.75 Å². The Bertz CT molecular complexity index is 912. The third-order valence-electron chi connectivity index (χ3n) is 5.29. The number of amides is 2. The second-order valence-electron chi connectivity index (χ2n) is 7.35. The Morgan fingerprint density at radius 1 is 1.25 bits per heavy atom. The summed E-state index contributed by atoms with van der Waals surface area (Å²) in [5, 5.41) is 15.6. The Kier molecular flexibility index (Phi) is 6.14. The molecule has 154 valence electrons. The molecule has 0 heterocycles. The minimum absolute atomic E-state index is 0.0259. The van der Waals surface area contributed by atoms with Gasteiger partial charge in [0.2, 0.25) is 0 Å². The van der Waals surface area contributed by atoms with Crippen molar-refractivity contribution in [1.29, 1.82) is 0 Å². The lowest BCUT2D eigenvalue weighted by molar-refractivity contribution is 0.196. The van der Waals surface area contributed by atoms with Gasteiger partial charge in [0.1, 0.15) is 4.90 Å². The molecule has 1 aromatic rings. The van der Waals surface area contributed by atoms with Crippen molar-refractivity contribution in [3.8, 4) is 5.75 Å². The lowest BCUT2D eigenvalue weighted by atomic mass is 9.91. The third-order valence-corrected chi connectivity index (χ3v) is 8.38. The fourth-order valence-electron chi connectivity index (χ4n) is 3.42. The molecule has 0 bridgehead atoms. The Morgan fingerprint density at radius 2 is 1.93 bits per heavy atom. The number of aromatic hydroxyl groups is 1. The van der Waals surface area contributed by atoms with Gasteiger partial charge < -0.3 is 20.6 Å². The Balaban J connectivity index is 1.78. The molecule has 2 amide bonds. The number of carbonyl (C=O) groups is 1. The maximum Gasteiger partial charge on any atom is 0.319 e. The number of rotatable bonds is 5. The van der Waals surface area contributed by atoms with E-state index >= 15 is 0 Å². The summed E-state index contributed by atoms with van der Waals surface area (Å²) in [5.74, 6) is -0.552. The van der Waals surface area contributed by atoms with E-state index in [1.807, 2.05) is 25.1 Å². The molecule has 7 nitrogen and oxygen atoms in total. The quantitative estimate of drug-likeness (QED) is 0.601. The third kappa shape index (κ3) is 4.10. The van der Waals surface area contributed by atoms with E-state index in [-0.39, 0.29) is 27.7 Å². The first-order chi connectivity index (χ1) is 13.1. The predicted molar refractivity (Wildman–Crippen MR) is 110 cm³/mol. The van der Waals surface area contributed by atoms with Gasteiger partial charge in [0.25, 0.3) is 0 Å². The normalized spacial score (nSPS) is 24.6. The molecule has 0 saturated heterocycles. The van der Waals surface area contributed by atoms with E-state index in [1.54, 1.807) is 0 Å². The van der Waals surface area contributed by atoms with Crippen molar-refractivity contribution in [3.05, 3.63) is 28.3 Å². The summed E-state index contributed by atoms with van der Waals surface area (Å²) >= 11 is 12.1. The highest BCUT2D eigenvalue weighted by molar-refractivity contribution is 7.92. The van der Waals surface area contributed by atoms with Crippen molar-refractivity contribution in [2.75, 3.05) is 19.4 Å². The van der Waals surface area contributed by atoms with Crippen molar-refractivity contribution in [2.24, 2.45) is 0 Å². The maximum absolute atomic E-state index is 13.0. The van der Waals surface area contributed by atoms with Gasteiger partial charge in [-0.2, -0.15) is 0 Å². The van der Waals surface area contributed by atoms with Crippen molar-refractivity contribution >= 4 is 44.8 Å². The van der Waals surface area contributed by atoms with Gasteiger partial charge in [0.15, 0.2) is 15.6 Å². The zero-order valence-corrected chi connectivity index (χ0v) is 17.9. The van der Waals surface area contributed by atoms with Gasteiger partial charge in [0.05, 0.1) is 22.0 Å². The molecule has 0 radical (unpaired) electrons. The summed E-state index contributed by atoms with van der Waals surface area (Å²) in [6.07, 6.45) is 4.23. The fourth-order valence-corrected chi connectivity index (χ4v) is 6.17. The molecule has 0 spiro atoms. The molecule has 28 heavy (non-hydrogen) atoms. The van der Waals surface area contributed by atoms with Crippen LogP contribution in [0, 0.1) is 0 Å². The second-order valence-corrected chi connectivity index (χ2v) is 10.4. The van der Waals surface area contributed by atoms with Crippen LogP contribution in [0.25, 0.3) is 0 Å². The zero-order chi connectivity index (χ0) is 20.6. The lowest BCUT2D eigenvalue weighted by Gasteiger charge is -2.39. The molecule has 1 fully saturated rings. The monoisotopic (exact) mass is 447 g/mol. The van der Waals surface area contributed by atoms with E-state index < -0.39 is 26.9 Å². The van der Waals surface area contributed by atoms with Crippen molar-refractivity contribution < 1.29 is 18.3 Å². The number of carbonyl (C=O) groups excluding carboxylic acids is 1. The number of anilines is 1. The second kappa shape index (κ2) is 8.10. The summed E-state index contributed by atoms with van der Waals surface area (Å²) < 4.78 is 25.9. The highest BCUT2D eigenvalue weighted by Crippen LogP contribution is 2.43. The molecule has 2 aliphatic rings. The van der Waals surface area contributed by atoms with Crippen molar-refractivity contribution in [3.63, 3.8) is 0 Å². The van der Waals surface area contributed by atoms with E-state index in [4.69, 9.17) is 23.2 Å². The molecule has 1 atom stereocenters. The van der Waals surface area contributed by atoms with E-state index in [2.05, 4.69) is 10.6 Å². The number of hydrogen-bond donors (Lipinski definition) is 3. The topological polar surface area (TPSA) is 98.7 Å². The molecular weight excluding hydrogens is 425 g/mol. The van der Waals surface area contributed by atoms with Crippen molar-refractivity contribution in [1.82, 2.24) is 10.2 Å². The van der Waals surface area contributed by atoms with Gasteiger partial charge in [-0.1, -0.05) is 29.3 Å². The Labute approximate surface area is 174 Å². The summed E-state index contributed by atoms with van der Waals surface area (Å²) in [7, 11) is -0.0385. The van der Waals surface area contributed by atoms with Crippen LogP contribution in [0.4, 0.5) is 10.5 Å². The number of hydrogen-bond acceptors (Lipinski definition) is 5. The van der Waals surface area contributed by atoms with Gasteiger partial charge in [-0.15, -0.1) is 0 Å². The van der Waals surface area contributed by atoms with Crippen LogP contribution in [0.3, 0.4) is 0 Å². The van der Waals surface area contributed by atoms with Gasteiger partial charge in [-0.25, -0.2) is 13.2 Å². The molecule has 0 aromatic heterocycles. The number of benzene rings is 1. The van der Waals surface area contributed by atoms with Gasteiger partial charge >= 0.3 is 6.03 Å². The molecule has 2 aliphatic carbocycles. The number of urea groups is 1. The van der Waals surface area contributed by atoms with Crippen LogP contribution in [0.1, 0.15) is 25.7 Å². The highest BCUT2D eigenvalue weighted by atomic mass is 35.5. The lowest BCUT2D eigenvalue weighted by Crippen LogP contribution is -2.47. The first kappa shape index (κ1) is 21.2. The minimum Gasteiger partial charge on any atom is -0.504 e. The van der Waals surface area contributed by atoms with Crippen LogP contribution in [-0.4, -0.2) is 55.9 Å². The standard InChI is InChI=1S/C18H23Cl2N3O4S/c1-23(2)10-8-11(9-10)28(26,27)17-13(20)6-7-15(16(17)24)22-18(25)21-14-5-3-4-12(14)19/h4,6-7,10-11,14,24H,3,5,8-9H2,1-2H3,(H2,21,22,25). The first-order valence-corrected chi connectivity index (χ1v) is 11.3. The number of allylic oxidation sites excluding steroid dienone is 1. The number of phenolic OH excluding ortho intramolecular Hbond substituents is 1. The van der Waals surface area contributed by atoms with Crippen LogP contribution < -0.4 is 10.6 Å². The first-order valence-electron chi connectivity index (χ1n) is 8.96. The molecule has 3 N–H and O–H groups in total.